The normalized spacial score (nSPS) is 30.7. The van der Waals surface area contributed by atoms with Gasteiger partial charge in [-0.15, -0.1) is 0 Å². The molecule has 0 bridgehead atoms. The summed E-state index contributed by atoms with van der Waals surface area (Å²) in [4.78, 5) is 0. The molecule has 1 saturated carbocycles. The van der Waals surface area contributed by atoms with E-state index in [1.807, 2.05) is 17.8 Å². The maximum atomic E-state index is 10.3. The Balaban J connectivity index is 2.29. The Labute approximate surface area is 84.7 Å². The van der Waals surface area contributed by atoms with Crippen LogP contribution in [0, 0.1) is 5.92 Å². The number of hydrogen-bond donors (Lipinski definition) is 1. The summed E-state index contributed by atoms with van der Waals surface area (Å²) in [7, 11) is 1.91. The van der Waals surface area contributed by atoms with E-state index in [2.05, 4.69) is 18.9 Å². The van der Waals surface area contributed by atoms with Crippen LogP contribution in [0.1, 0.15) is 38.1 Å². The first-order valence-electron chi connectivity index (χ1n) is 5.37. The second-order valence-electron chi connectivity index (χ2n) is 4.23. The van der Waals surface area contributed by atoms with E-state index in [4.69, 9.17) is 0 Å². The quantitative estimate of drug-likeness (QED) is 0.793. The van der Waals surface area contributed by atoms with Crippen LogP contribution in [0.15, 0.2) is 6.07 Å². The molecule has 1 aromatic heterocycles. The number of rotatable bonds is 3. The fraction of sp³-hybridized carbons (Fsp3) is 0.727. The molecule has 1 N–H and O–H groups in total. The van der Waals surface area contributed by atoms with Crippen molar-refractivity contribution in [3.8, 4) is 0 Å². The predicted molar refractivity (Wildman–Crippen MR) is 54.9 cm³/mol. The molecular weight excluding hydrogens is 176 g/mol. The van der Waals surface area contributed by atoms with Gasteiger partial charge in [0, 0.05) is 7.05 Å². The van der Waals surface area contributed by atoms with Gasteiger partial charge in [-0.05, 0) is 24.8 Å². The second kappa shape index (κ2) is 3.09. The third-order valence-electron chi connectivity index (χ3n) is 3.30. The van der Waals surface area contributed by atoms with Crippen molar-refractivity contribution in [2.45, 2.75) is 38.7 Å². The maximum absolute atomic E-state index is 10.3. The summed E-state index contributed by atoms with van der Waals surface area (Å²) in [6.45, 7) is 4.21. The van der Waals surface area contributed by atoms with Gasteiger partial charge in [-0.1, -0.05) is 20.3 Å². The highest BCUT2D eigenvalue weighted by molar-refractivity contribution is 5.25. The Kier molecular flexibility index (Phi) is 2.14. The Morgan fingerprint density at radius 1 is 1.64 bits per heavy atom. The fourth-order valence-electron chi connectivity index (χ4n) is 2.22. The third kappa shape index (κ3) is 1.27. The summed E-state index contributed by atoms with van der Waals surface area (Å²) in [6, 6.07) is 2.04. The topological polar surface area (TPSA) is 38.0 Å². The van der Waals surface area contributed by atoms with Gasteiger partial charge in [-0.2, -0.15) is 5.10 Å². The standard InChI is InChI=1S/C11H18N2O/c1-4-8-7-11(8,14)10-6-9(5-2)12-13(10)3/h6,8,14H,4-5,7H2,1-3H3. The lowest BCUT2D eigenvalue weighted by Gasteiger charge is -2.09. The lowest BCUT2D eigenvalue weighted by atomic mass is 10.1. The summed E-state index contributed by atoms with van der Waals surface area (Å²) >= 11 is 0. The first-order chi connectivity index (χ1) is 6.61. The van der Waals surface area contributed by atoms with Gasteiger partial charge in [0.15, 0.2) is 0 Å². The monoisotopic (exact) mass is 194 g/mol. The summed E-state index contributed by atoms with van der Waals surface area (Å²) in [6.07, 6.45) is 2.87. The zero-order valence-electron chi connectivity index (χ0n) is 9.12. The van der Waals surface area contributed by atoms with Crippen LogP contribution in [0.4, 0.5) is 0 Å². The van der Waals surface area contributed by atoms with Crippen molar-refractivity contribution < 1.29 is 5.11 Å². The zero-order valence-corrected chi connectivity index (χ0v) is 9.12. The first kappa shape index (κ1) is 9.71. The number of aryl methyl sites for hydroxylation is 2. The van der Waals surface area contributed by atoms with Crippen molar-refractivity contribution in [1.29, 1.82) is 0 Å². The molecule has 0 amide bonds. The van der Waals surface area contributed by atoms with Crippen molar-refractivity contribution in [2.24, 2.45) is 13.0 Å². The molecule has 78 valence electrons. The molecule has 0 aliphatic heterocycles. The highest BCUT2D eigenvalue weighted by Crippen LogP contribution is 2.53. The molecule has 0 aromatic carbocycles. The number of aliphatic hydroxyl groups is 1. The van der Waals surface area contributed by atoms with Crippen LogP contribution in [-0.2, 0) is 19.1 Å². The summed E-state index contributed by atoms with van der Waals surface area (Å²) in [5, 5.41) is 14.6. The van der Waals surface area contributed by atoms with Gasteiger partial charge < -0.3 is 5.11 Å². The van der Waals surface area contributed by atoms with Gasteiger partial charge in [-0.25, -0.2) is 0 Å². The molecule has 0 radical (unpaired) electrons. The lowest BCUT2D eigenvalue weighted by Crippen LogP contribution is -2.13. The minimum Gasteiger partial charge on any atom is -0.383 e. The fourth-order valence-corrected chi connectivity index (χ4v) is 2.22. The average molecular weight is 194 g/mol. The van der Waals surface area contributed by atoms with E-state index in [0.29, 0.717) is 5.92 Å². The number of nitrogens with zero attached hydrogens (tertiary/aromatic N) is 2. The van der Waals surface area contributed by atoms with E-state index in [1.54, 1.807) is 0 Å². The van der Waals surface area contributed by atoms with Crippen LogP contribution in [-0.4, -0.2) is 14.9 Å². The van der Waals surface area contributed by atoms with Crippen LogP contribution in [0.5, 0.6) is 0 Å². The molecule has 2 atom stereocenters. The minimum absolute atomic E-state index is 0.433. The van der Waals surface area contributed by atoms with Gasteiger partial charge in [0.2, 0.25) is 0 Å². The Morgan fingerprint density at radius 3 is 2.79 bits per heavy atom. The zero-order chi connectivity index (χ0) is 10.3. The molecule has 1 aromatic rings. The largest absolute Gasteiger partial charge is 0.383 e. The SMILES string of the molecule is CCc1cc(C2(O)CC2CC)n(C)n1. The molecule has 2 unspecified atom stereocenters. The van der Waals surface area contributed by atoms with Crippen molar-refractivity contribution in [2.75, 3.05) is 0 Å². The molecule has 0 saturated heterocycles. The smallest absolute Gasteiger partial charge is 0.109 e. The molecule has 2 rings (SSSR count). The summed E-state index contributed by atoms with van der Waals surface area (Å²) < 4.78 is 1.83. The maximum Gasteiger partial charge on any atom is 0.109 e. The average Bonchev–Trinajstić information content (AvgIpc) is 2.68. The van der Waals surface area contributed by atoms with Gasteiger partial charge in [0.1, 0.15) is 5.60 Å². The van der Waals surface area contributed by atoms with Gasteiger partial charge in [-0.3, -0.25) is 4.68 Å². The van der Waals surface area contributed by atoms with Crippen molar-refractivity contribution in [3.63, 3.8) is 0 Å². The van der Waals surface area contributed by atoms with Crippen LogP contribution in [0.2, 0.25) is 0 Å². The number of hydrogen-bond acceptors (Lipinski definition) is 2. The van der Waals surface area contributed by atoms with Crippen LogP contribution in [0.25, 0.3) is 0 Å². The Morgan fingerprint density at radius 2 is 2.36 bits per heavy atom. The second-order valence-corrected chi connectivity index (χ2v) is 4.23. The lowest BCUT2D eigenvalue weighted by molar-refractivity contribution is 0.121. The molecule has 0 spiro atoms. The van der Waals surface area contributed by atoms with Crippen LogP contribution in [0.3, 0.4) is 0 Å². The molecule has 1 aliphatic rings. The summed E-state index contributed by atoms with van der Waals surface area (Å²) in [5.74, 6) is 0.433. The highest BCUT2D eigenvalue weighted by atomic mass is 16.3. The summed E-state index contributed by atoms with van der Waals surface area (Å²) in [5.41, 5.74) is 1.48. The van der Waals surface area contributed by atoms with Gasteiger partial charge >= 0.3 is 0 Å². The molecule has 1 heterocycles. The van der Waals surface area contributed by atoms with Crippen molar-refractivity contribution in [1.82, 2.24) is 9.78 Å². The first-order valence-corrected chi connectivity index (χ1v) is 5.37. The molecule has 3 nitrogen and oxygen atoms in total. The third-order valence-corrected chi connectivity index (χ3v) is 3.30. The minimum atomic E-state index is -0.579. The number of aromatic nitrogens is 2. The Hall–Kier alpha value is -0.830. The van der Waals surface area contributed by atoms with E-state index >= 15 is 0 Å². The van der Waals surface area contributed by atoms with E-state index in [-0.39, 0.29) is 0 Å². The van der Waals surface area contributed by atoms with E-state index < -0.39 is 5.60 Å². The van der Waals surface area contributed by atoms with E-state index in [0.717, 1.165) is 30.7 Å². The Bertz CT molecular complexity index is 345. The molecule has 14 heavy (non-hydrogen) atoms. The molecular formula is C11H18N2O. The molecule has 1 aliphatic carbocycles. The van der Waals surface area contributed by atoms with Crippen molar-refractivity contribution in [3.05, 3.63) is 17.5 Å². The highest BCUT2D eigenvalue weighted by Gasteiger charge is 2.54. The molecule has 1 fully saturated rings. The predicted octanol–water partition coefficient (Wildman–Crippen LogP) is 1.60. The van der Waals surface area contributed by atoms with Crippen LogP contribution >= 0.6 is 0 Å². The van der Waals surface area contributed by atoms with Crippen LogP contribution < -0.4 is 0 Å². The van der Waals surface area contributed by atoms with Gasteiger partial charge in [0.05, 0.1) is 11.4 Å². The van der Waals surface area contributed by atoms with E-state index in [9.17, 15) is 5.11 Å². The van der Waals surface area contributed by atoms with Gasteiger partial charge in [0.25, 0.3) is 0 Å². The van der Waals surface area contributed by atoms with E-state index in [1.165, 1.54) is 0 Å². The van der Waals surface area contributed by atoms with Crippen molar-refractivity contribution >= 4 is 0 Å². The molecule has 3 heteroatoms.